The molecule has 1 aliphatic rings. The van der Waals surface area contributed by atoms with E-state index in [4.69, 9.17) is 9.15 Å². The number of fused-ring (bicyclic) bond motifs is 1. The molecular formula is C26H26N2O5S. The zero-order valence-corrected chi connectivity index (χ0v) is 19.7. The minimum atomic E-state index is -0.461. The maximum atomic E-state index is 12.7. The van der Waals surface area contributed by atoms with E-state index < -0.39 is 18.5 Å². The van der Waals surface area contributed by atoms with Gasteiger partial charge in [0.15, 0.2) is 6.61 Å². The smallest absolute Gasteiger partial charge is 0.316 e. The highest BCUT2D eigenvalue weighted by atomic mass is 32.2. The number of nitrogens with one attached hydrogen (secondary N) is 1. The number of carbonyl (C=O) groups is 3. The van der Waals surface area contributed by atoms with Crippen LogP contribution in [0, 0.1) is 0 Å². The molecule has 0 fully saturated rings. The minimum Gasteiger partial charge on any atom is -0.467 e. The average molecular weight is 479 g/mol. The first-order valence-electron chi connectivity index (χ1n) is 11.1. The molecular weight excluding hydrogens is 452 g/mol. The van der Waals surface area contributed by atoms with Crippen LogP contribution in [0.25, 0.3) is 0 Å². The summed E-state index contributed by atoms with van der Waals surface area (Å²) < 4.78 is 10.4. The molecule has 4 rings (SSSR count). The molecule has 0 radical (unpaired) electrons. The van der Waals surface area contributed by atoms with E-state index in [1.165, 1.54) is 40.5 Å². The Morgan fingerprint density at radius 3 is 2.71 bits per heavy atom. The van der Waals surface area contributed by atoms with E-state index in [9.17, 15) is 14.4 Å². The zero-order chi connectivity index (χ0) is 23.9. The van der Waals surface area contributed by atoms with E-state index in [-0.39, 0.29) is 18.2 Å². The molecule has 0 bridgehead atoms. The summed E-state index contributed by atoms with van der Waals surface area (Å²) in [7, 11) is 1.55. The lowest BCUT2D eigenvalue weighted by Crippen LogP contribution is -2.33. The molecule has 0 aliphatic heterocycles. The Hall–Kier alpha value is -3.52. The van der Waals surface area contributed by atoms with Gasteiger partial charge < -0.3 is 19.4 Å². The van der Waals surface area contributed by atoms with Gasteiger partial charge in [0, 0.05) is 11.9 Å². The highest BCUT2D eigenvalue weighted by Crippen LogP contribution is 2.27. The number of likely N-dealkylation sites (N-methyl/N-ethyl adjacent to an activating group) is 1. The van der Waals surface area contributed by atoms with Crippen LogP contribution >= 0.6 is 11.8 Å². The fraction of sp³-hybridized carbons (Fsp3) is 0.269. The van der Waals surface area contributed by atoms with Crippen LogP contribution in [0.2, 0.25) is 0 Å². The predicted molar refractivity (Wildman–Crippen MR) is 130 cm³/mol. The molecule has 3 aromatic rings. The molecule has 0 spiro atoms. The lowest BCUT2D eigenvalue weighted by molar-refractivity contribution is -0.145. The van der Waals surface area contributed by atoms with Crippen molar-refractivity contribution in [2.45, 2.75) is 30.7 Å². The third-order valence-electron chi connectivity index (χ3n) is 5.67. The fourth-order valence-electron chi connectivity index (χ4n) is 3.83. The van der Waals surface area contributed by atoms with Crippen molar-refractivity contribution in [3.05, 3.63) is 83.3 Å². The number of carbonyl (C=O) groups excluding carboxylic acids is 3. The van der Waals surface area contributed by atoms with Crippen molar-refractivity contribution in [1.82, 2.24) is 5.32 Å². The number of esters is 1. The van der Waals surface area contributed by atoms with Gasteiger partial charge in [-0.15, -0.1) is 11.8 Å². The number of aryl methyl sites for hydroxylation is 2. The zero-order valence-electron chi connectivity index (χ0n) is 18.9. The highest BCUT2D eigenvalue weighted by Gasteiger charge is 2.20. The Balaban J connectivity index is 1.28. The van der Waals surface area contributed by atoms with Crippen molar-refractivity contribution >= 4 is 35.2 Å². The summed E-state index contributed by atoms with van der Waals surface area (Å²) in [5, 5.41) is 2.77. The number of para-hydroxylation sites is 1. The van der Waals surface area contributed by atoms with Gasteiger partial charge >= 0.3 is 5.97 Å². The van der Waals surface area contributed by atoms with Gasteiger partial charge in [-0.3, -0.25) is 14.4 Å². The summed E-state index contributed by atoms with van der Waals surface area (Å²) in [6.45, 7) is -0.167. The number of amides is 2. The third-order valence-corrected chi connectivity index (χ3v) is 6.64. The average Bonchev–Trinajstić information content (AvgIpc) is 3.55. The molecule has 0 unspecified atom stereocenters. The van der Waals surface area contributed by atoms with Gasteiger partial charge in [0.1, 0.15) is 5.76 Å². The Morgan fingerprint density at radius 2 is 1.88 bits per heavy atom. The van der Waals surface area contributed by atoms with Crippen molar-refractivity contribution in [3.8, 4) is 0 Å². The molecule has 34 heavy (non-hydrogen) atoms. The Kier molecular flexibility index (Phi) is 7.69. The van der Waals surface area contributed by atoms with Crippen molar-refractivity contribution in [2.75, 3.05) is 24.3 Å². The fourth-order valence-corrected chi connectivity index (χ4v) is 4.59. The number of anilines is 1. The number of thioether (sulfide) groups is 1. The molecule has 2 aromatic carbocycles. The summed E-state index contributed by atoms with van der Waals surface area (Å²) in [5.41, 5.74) is 3.49. The van der Waals surface area contributed by atoms with E-state index in [2.05, 4.69) is 17.4 Å². The standard InChI is InChI=1S/C26H26N2O5S/c1-28(23-10-3-2-9-22(23)26(31)27-15-20-8-5-13-32-20)24(29)16-33-25(30)17-34-21-12-11-18-6-4-7-19(18)14-21/h2-3,5,8-14H,4,6-7,15-17H2,1H3,(H,27,31). The molecule has 176 valence electrons. The second-order valence-corrected chi connectivity index (χ2v) is 9.01. The highest BCUT2D eigenvalue weighted by molar-refractivity contribution is 8.00. The first kappa shape index (κ1) is 23.6. The van der Waals surface area contributed by atoms with Crippen LogP contribution < -0.4 is 10.2 Å². The Bertz CT molecular complexity index is 1180. The quantitative estimate of drug-likeness (QED) is 0.369. The van der Waals surface area contributed by atoms with Gasteiger partial charge in [-0.2, -0.15) is 0 Å². The van der Waals surface area contributed by atoms with Crippen molar-refractivity contribution < 1.29 is 23.5 Å². The minimum absolute atomic E-state index is 0.127. The largest absolute Gasteiger partial charge is 0.467 e. The number of benzene rings is 2. The second-order valence-electron chi connectivity index (χ2n) is 7.97. The number of ether oxygens (including phenoxy) is 1. The normalized spacial score (nSPS) is 12.1. The van der Waals surface area contributed by atoms with Crippen molar-refractivity contribution in [1.29, 1.82) is 0 Å². The number of hydrogen-bond acceptors (Lipinski definition) is 6. The van der Waals surface area contributed by atoms with Gasteiger partial charge in [-0.25, -0.2) is 0 Å². The van der Waals surface area contributed by atoms with Crippen LogP contribution in [-0.4, -0.2) is 37.2 Å². The van der Waals surface area contributed by atoms with Gasteiger partial charge in [-0.1, -0.05) is 18.2 Å². The van der Waals surface area contributed by atoms with Gasteiger partial charge in [0.05, 0.1) is 29.8 Å². The summed E-state index contributed by atoms with van der Waals surface area (Å²) in [6.07, 6.45) is 4.91. The summed E-state index contributed by atoms with van der Waals surface area (Å²) in [6, 6.07) is 16.5. The Labute approximate surface area is 202 Å². The van der Waals surface area contributed by atoms with Crippen molar-refractivity contribution in [3.63, 3.8) is 0 Å². The predicted octanol–water partition coefficient (Wildman–Crippen LogP) is 4.00. The van der Waals surface area contributed by atoms with Gasteiger partial charge in [0.25, 0.3) is 11.8 Å². The number of furan rings is 1. The summed E-state index contributed by atoms with van der Waals surface area (Å²) in [5.74, 6) is -0.477. The SMILES string of the molecule is CN(C(=O)COC(=O)CSc1ccc2c(c1)CCC2)c1ccccc1C(=O)NCc1ccco1. The van der Waals surface area contributed by atoms with Crippen LogP contribution in [0.4, 0.5) is 5.69 Å². The third kappa shape index (κ3) is 5.88. The van der Waals surface area contributed by atoms with E-state index in [0.717, 1.165) is 17.7 Å². The van der Waals surface area contributed by atoms with Crippen LogP contribution in [0.15, 0.2) is 70.2 Å². The first-order chi connectivity index (χ1) is 16.5. The molecule has 1 aliphatic carbocycles. The second kappa shape index (κ2) is 11.1. The first-order valence-corrected chi connectivity index (χ1v) is 12.1. The van der Waals surface area contributed by atoms with Crippen LogP contribution in [0.5, 0.6) is 0 Å². The van der Waals surface area contributed by atoms with E-state index in [1.807, 2.05) is 6.07 Å². The summed E-state index contributed by atoms with van der Waals surface area (Å²) >= 11 is 1.40. The number of hydrogen-bond donors (Lipinski definition) is 1. The summed E-state index contributed by atoms with van der Waals surface area (Å²) in [4.78, 5) is 39.9. The van der Waals surface area contributed by atoms with Crippen molar-refractivity contribution in [2.24, 2.45) is 0 Å². The molecule has 8 heteroatoms. The molecule has 2 amide bonds. The van der Waals surface area contributed by atoms with Gasteiger partial charge in [0.2, 0.25) is 0 Å². The molecule has 1 N–H and O–H groups in total. The maximum absolute atomic E-state index is 12.7. The number of nitrogens with zero attached hydrogens (tertiary/aromatic N) is 1. The molecule has 0 atom stereocenters. The van der Waals surface area contributed by atoms with E-state index >= 15 is 0 Å². The maximum Gasteiger partial charge on any atom is 0.316 e. The molecule has 7 nitrogen and oxygen atoms in total. The topological polar surface area (TPSA) is 88.8 Å². The number of rotatable bonds is 9. The van der Waals surface area contributed by atoms with E-state index in [1.54, 1.807) is 43.4 Å². The molecule has 0 saturated heterocycles. The van der Waals surface area contributed by atoms with Crippen LogP contribution in [0.3, 0.4) is 0 Å². The van der Waals surface area contributed by atoms with Crippen LogP contribution in [-0.2, 0) is 33.7 Å². The molecule has 1 heterocycles. The van der Waals surface area contributed by atoms with Gasteiger partial charge in [-0.05, 0) is 66.8 Å². The molecule has 1 aromatic heterocycles. The monoisotopic (exact) mass is 478 g/mol. The lowest BCUT2D eigenvalue weighted by Gasteiger charge is -2.20. The molecule has 0 saturated carbocycles. The van der Waals surface area contributed by atoms with E-state index in [0.29, 0.717) is 17.0 Å². The van der Waals surface area contributed by atoms with Crippen LogP contribution in [0.1, 0.15) is 33.7 Å². The Morgan fingerprint density at radius 1 is 1.06 bits per heavy atom. The lowest BCUT2D eigenvalue weighted by atomic mass is 10.1.